The van der Waals surface area contributed by atoms with E-state index in [4.69, 9.17) is 28.9 Å². The maximum Gasteiger partial charge on any atom is 0.409 e. The highest BCUT2D eigenvalue weighted by Gasteiger charge is 2.51. The standard InChI is InChI=1S/C65H78FN11O8S/c1-7-42-14-12-15-45-28-47(78)29-49(55(42)45)57-56(66)58-50(32-67-57)60(73-23-10-8-9-11-24-73)71-63(70-58)84-36-65-21-13-25-77(65)46(20-22-65)35-83-64(82)74-26-27-75(39(4)33-74)53-31-52(85-72-53)54(38(2)3)62(81)76-34-48(79)30-51(76)61(80)69-40(5)43-16-18-44(19-17-43)59-41(6)68-37-86-59/h12,14-19,28-29,31-32,37-40,46,48,51,54,78-79H,7-11,13,20-27,30,33-36H2,1-6H3,(H,69,80)/t39-,40+,46+,48-,51+,54-,65-/m1/s1. The minimum atomic E-state index is -0.868. The summed E-state index contributed by atoms with van der Waals surface area (Å²) >= 11 is 1.58. The number of anilines is 2. The van der Waals surface area contributed by atoms with Crippen molar-refractivity contribution in [2.24, 2.45) is 5.92 Å². The Morgan fingerprint density at radius 3 is 2.49 bits per heavy atom. The van der Waals surface area contributed by atoms with E-state index in [0.717, 1.165) is 115 Å². The molecule has 12 rings (SSSR count). The van der Waals surface area contributed by atoms with Gasteiger partial charge in [-0.1, -0.05) is 81.2 Å². The largest absolute Gasteiger partial charge is 0.508 e. The Hall–Kier alpha value is -7.49. The van der Waals surface area contributed by atoms with Crippen molar-refractivity contribution >= 4 is 62.6 Å². The van der Waals surface area contributed by atoms with Crippen molar-refractivity contribution in [1.82, 2.24) is 45.1 Å². The van der Waals surface area contributed by atoms with Crippen LogP contribution >= 0.6 is 11.3 Å². The summed E-state index contributed by atoms with van der Waals surface area (Å²) < 4.78 is 36.0. The zero-order chi connectivity index (χ0) is 60.0. The predicted molar refractivity (Wildman–Crippen MR) is 328 cm³/mol. The zero-order valence-corrected chi connectivity index (χ0v) is 50.8. The van der Waals surface area contributed by atoms with Gasteiger partial charge in [-0.15, -0.1) is 11.3 Å². The number of hydrogen-bond donors (Lipinski definition) is 3. The number of aliphatic hydroxyl groups is 1. The van der Waals surface area contributed by atoms with Gasteiger partial charge in [0.05, 0.1) is 39.2 Å². The van der Waals surface area contributed by atoms with Gasteiger partial charge in [-0.3, -0.25) is 19.5 Å². The number of carbonyl (C=O) groups excluding carboxylic acids is 3. The minimum absolute atomic E-state index is 0.0186. The Labute approximate surface area is 504 Å². The number of pyridine rings is 1. The van der Waals surface area contributed by atoms with Crippen LogP contribution in [-0.4, -0.2) is 157 Å². The summed E-state index contributed by atoms with van der Waals surface area (Å²) in [6.45, 7) is 15.9. The number of aromatic hydroxyl groups is 1. The molecule has 9 heterocycles. The van der Waals surface area contributed by atoms with Gasteiger partial charge in [0, 0.05) is 75.6 Å². The lowest BCUT2D eigenvalue weighted by molar-refractivity contribution is -0.141. The second-order valence-corrected chi connectivity index (χ2v) is 25.5. The number of phenols is 1. The first-order valence-corrected chi connectivity index (χ1v) is 31.7. The van der Waals surface area contributed by atoms with Crippen LogP contribution in [0.4, 0.5) is 20.8 Å². The van der Waals surface area contributed by atoms with E-state index in [1.165, 1.54) is 4.90 Å². The third-order valence-electron chi connectivity index (χ3n) is 18.7. The number of thiazole rings is 1. The van der Waals surface area contributed by atoms with E-state index in [1.54, 1.807) is 40.6 Å². The van der Waals surface area contributed by atoms with Gasteiger partial charge in [0.2, 0.25) is 11.8 Å². The number of likely N-dealkylation sites (tertiary alicyclic amines) is 1. The number of aryl methyl sites for hydroxylation is 2. The Morgan fingerprint density at radius 2 is 1.74 bits per heavy atom. The van der Waals surface area contributed by atoms with Crippen LogP contribution in [0.1, 0.15) is 127 Å². The van der Waals surface area contributed by atoms with Gasteiger partial charge in [-0.05, 0) is 118 Å². The number of amides is 3. The van der Waals surface area contributed by atoms with E-state index in [9.17, 15) is 24.6 Å². The van der Waals surface area contributed by atoms with Gasteiger partial charge in [0.1, 0.15) is 48.0 Å². The first kappa shape index (κ1) is 58.9. The maximum absolute atomic E-state index is 17.3. The molecule has 0 saturated carbocycles. The molecule has 7 atom stereocenters. The molecule has 0 unspecified atom stereocenters. The zero-order valence-electron chi connectivity index (χ0n) is 50.0. The summed E-state index contributed by atoms with van der Waals surface area (Å²) in [7, 11) is 0. The topological polar surface area (TPSA) is 216 Å². The number of aromatic nitrogens is 5. The van der Waals surface area contributed by atoms with Crippen LogP contribution in [0.2, 0.25) is 0 Å². The van der Waals surface area contributed by atoms with E-state index in [1.807, 2.05) is 82.6 Å². The molecule has 0 radical (unpaired) electrons. The lowest BCUT2D eigenvalue weighted by Crippen LogP contribution is -2.54. The van der Waals surface area contributed by atoms with Gasteiger partial charge in [-0.25, -0.2) is 14.2 Å². The molecular formula is C65H78FN11O8S. The highest BCUT2D eigenvalue weighted by molar-refractivity contribution is 7.13. The molecule has 5 saturated heterocycles. The summed E-state index contributed by atoms with van der Waals surface area (Å²) in [5.41, 5.74) is 6.18. The highest BCUT2D eigenvalue weighted by Crippen LogP contribution is 2.44. The first-order chi connectivity index (χ1) is 41.6. The number of carbonyl (C=O) groups is 3. The van der Waals surface area contributed by atoms with E-state index in [-0.39, 0.29) is 96.6 Å². The Bertz CT molecular complexity index is 3630. The van der Waals surface area contributed by atoms with Crippen molar-refractivity contribution < 1.29 is 43.0 Å². The van der Waals surface area contributed by atoms with Gasteiger partial charge in [0.25, 0.3) is 0 Å². The number of β-amino-alcohol motifs (C(OH)–C–C–N with tert-alkyl or cyclic N) is 1. The average molecular weight is 1190 g/mol. The van der Waals surface area contributed by atoms with Gasteiger partial charge in [0.15, 0.2) is 17.4 Å². The Morgan fingerprint density at radius 1 is 0.942 bits per heavy atom. The second-order valence-electron chi connectivity index (χ2n) is 24.7. The van der Waals surface area contributed by atoms with Gasteiger partial charge < -0.3 is 49.1 Å². The number of phenolic OH excluding ortho intramolecular Hbond substituents is 1. The number of hydrogen-bond acceptors (Lipinski definition) is 17. The molecule has 7 aromatic rings. The number of nitrogens with one attached hydrogen (secondary N) is 1. The predicted octanol–water partition coefficient (Wildman–Crippen LogP) is 10.4. The van der Waals surface area contributed by atoms with E-state index in [2.05, 4.69) is 37.1 Å². The van der Waals surface area contributed by atoms with Gasteiger partial charge in [-0.2, -0.15) is 9.97 Å². The molecule has 3 amide bonds. The Kier molecular flexibility index (Phi) is 16.9. The van der Waals surface area contributed by atoms with E-state index >= 15 is 4.39 Å². The molecule has 19 nitrogen and oxygen atoms in total. The van der Waals surface area contributed by atoms with Crippen LogP contribution in [0.5, 0.6) is 11.8 Å². The summed E-state index contributed by atoms with van der Waals surface area (Å²) in [6, 6.07) is 17.7. The van der Waals surface area contributed by atoms with Crippen LogP contribution in [0.15, 0.2) is 76.9 Å². The number of piperazine rings is 1. The SMILES string of the molecule is CCc1cccc2cc(O)cc(-c3ncc4c(N5CCCCCC5)nc(OC[C@]56CCCN5[C@H](COC(=O)N5CCN(c7cc([C@H](C(=O)N8C[C@H](O)C[C@H]8C(=O)N[C@@H](C)c8ccc(-c9scnc9C)cc8)C(C)C)on7)[C@H](C)C5)CC6)nc4c3F)c12. The summed E-state index contributed by atoms with van der Waals surface area (Å²) in [6.07, 6.45) is 8.92. The maximum atomic E-state index is 17.3. The quantitative estimate of drug-likeness (QED) is 0.0820. The third-order valence-corrected chi connectivity index (χ3v) is 19.7. The van der Waals surface area contributed by atoms with Crippen molar-refractivity contribution in [3.05, 3.63) is 101 Å². The number of halogens is 1. The molecule has 0 spiro atoms. The molecule has 21 heteroatoms. The molecule has 86 heavy (non-hydrogen) atoms. The summed E-state index contributed by atoms with van der Waals surface area (Å²) in [5, 5.41) is 31.4. The summed E-state index contributed by atoms with van der Waals surface area (Å²) in [5.74, 6) is -0.685. The minimum Gasteiger partial charge on any atom is -0.508 e. The number of aliphatic hydroxyl groups excluding tert-OH is 1. The van der Waals surface area contributed by atoms with Crippen molar-refractivity contribution in [3.63, 3.8) is 0 Å². The van der Waals surface area contributed by atoms with Crippen molar-refractivity contribution in [2.45, 2.75) is 147 Å². The van der Waals surface area contributed by atoms with Crippen LogP contribution in [0.25, 0.3) is 43.4 Å². The van der Waals surface area contributed by atoms with Gasteiger partial charge >= 0.3 is 12.1 Å². The normalized spacial score (nSPS) is 22.6. The fourth-order valence-corrected chi connectivity index (χ4v) is 15.0. The average Bonchev–Trinajstić information content (AvgIpc) is 2.74. The lowest BCUT2D eigenvalue weighted by atomic mass is 9.91. The smallest absolute Gasteiger partial charge is 0.409 e. The fourth-order valence-electron chi connectivity index (χ4n) is 14.2. The lowest BCUT2D eigenvalue weighted by Gasteiger charge is -2.39. The highest BCUT2D eigenvalue weighted by atomic mass is 32.1. The molecule has 4 aromatic heterocycles. The van der Waals surface area contributed by atoms with Crippen LogP contribution in [-0.2, 0) is 20.7 Å². The van der Waals surface area contributed by atoms with E-state index in [0.29, 0.717) is 48.0 Å². The number of fused-ring (bicyclic) bond motifs is 3. The molecule has 5 aliphatic rings. The van der Waals surface area contributed by atoms with E-state index < -0.39 is 23.9 Å². The molecule has 5 fully saturated rings. The van der Waals surface area contributed by atoms with Crippen LogP contribution < -0.4 is 19.9 Å². The number of rotatable bonds is 16. The monoisotopic (exact) mass is 1190 g/mol. The van der Waals surface area contributed by atoms with Crippen molar-refractivity contribution in [3.8, 4) is 33.5 Å². The molecule has 3 N–H and O–H groups in total. The number of nitrogens with zero attached hydrogens (tertiary/aromatic N) is 10. The molecule has 3 aromatic carbocycles. The van der Waals surface area contributed by atoms with Crippen LogP contribution in [0, 0.1) is 18.7 Å². The van der Waals surface area contributed by atoms with Crippen LogP contribution in [0.3, 0.4) is 0 Å². The molecular weight excluding hydrogens is 1110 g/mol. The molecule has 454 valence electrons. The third kappa shape index (κ3) is 11.5. The van der Waals surface area contributed by atoms with Crippen molar-refractivity contribution in [2.75, 3.05) is 68.8 Å². The fraction of sp³-hybridized carbons (Fsp3) is 0.508. The first-order valence-electron chi connectivity index (χ1n) is 30.8. The molecule has 0 aliphatic carbocycles. The molecule has 0 bridgehead atoms. The molecule has 5 aliphatic heterocycles. The Balaban J connectivity index is 0.674. The second kappa shape index (κ2) is 24.7. The summed E-state index contributed by atoms with van der Waals surface area (Å²) in [4.78, 5) is 72.2. The number of ether oxygens (including phenoxy) is 2. The number of benzene rings is 3. The van der Waals surface area contributed by atoms with Crippen molar-refractivity contribution in [1.29, 1.82) is 0 Å².